The Morgan fingerprint density at radius 1 is 1.41 bits per heavy atom. The molecule has 0 aromatic carbocycles. The number of halogens is 1. The summed E-state index contributed by atoms with van der Waals surface area (Å²) in [5, 5.41) is 0. The van der Waals surface area contributed by atoms with Crippen molar-refractivity contribution in [1.82, 2.24) is 0 Å². The zero-order valence-electron chi connectivity index (χ0n) is 10.4. The number of carbonyl (C=O) groups is 2. The Balaban J connectivity index is 1.99. The van der Waals surface area contributed by atoms with Crippen molar-refractivity contribution in [3.63, 3.8) is 0 Å². The second kappa shape index (κ2) is 4.60. The maximum Gasteiger partial charge on any atom is 0.308 e. The normalized spacial score (nSPS) is 41.1. The van der Waals surface area contributed by atoms with Gasteiger partial charge in [-0.3, -0.25) is 9.59 Å². The molecule has 2 aliphatic rings. The number of ketones is 1. The Bertz CT molecular complexity index is 338. The molecule has 0 amide bonds. The summed E-state index contributed by atoms with van der Waals surface area (Å²) in [5.41, 5.74) is 0. The summed E-state index contributed by atoms with van der Waals surface area (Å²) < 4.78 is 5.05. The Morgan fingerprint density at radius 2 is 2.06 bits per heavy atom. The fourth-order valence-corrected chi connectivity index (χ4v) is 3.62. The number of hydrogen-bond acceptors (Lipinski definition) is 3. The van der Waals surface area contributed by atoms with E-state index in [0.29, 0.717) is 6.61 Å². The Kier molecular flexibility index (Phi) is 3.48. The molecule has 0 radical (unpaired) electrons. The molecule has 17 heavy (non-hydrogen) atoms. The number of hydrogen-bond donors (Lipinski definition) is 0. The molecule has 3 nitrogen and oxygen atoms in total. The summed E-state index contributed by atoms with van der Waals surface area (Å²) in [4.78, 5) is 22.8. The Hall–Kier alpha value is -0.570. The minimum Gasteiger partial charge on any atom is -0.466 e. The lowest BCUT2D eigenvalue weighted by molar-refractivity contribution is -0.148. The highest BCUT2D eigenvalue weighted by Gasteiger charge is 2.58. The van der Waals surface area contributed by atoms with Crippen LogP contribution in [0.15, 0.2) is 0 Å². The highest BCUT2D eigenvalue weighted by atomic mass is 35.5. The lowest BCUT2D eigenvalue weighted by atomic mass is 9.61. The molecule has 0 heterocycles. The van der Waals surface area contributed by atoms with Crippen LogP contribution in [0.5, 0.6) is 0 Å². The molecule has 0 bridgehead atoms. The molecule has 4 heteroatoms. The Labute approximate surface area is 107 Å². The zero-order valence-corrected chi connectivity index (χ0v) is 11.1. The van der Waals surface area contributed by atoms with Gasteiger partial charge in [-0.15, -0.1) is 11.6 Å². The first kappa shape index (κ1) is 12.9. The van der Waals surface area contributed by atoms with E-state index in [-0.39, 0.29) is 29.5 Å². The molecule has 0 N–H and O–H groups in total. The van der Waals surface area contributed by atoms with Crippen LogP contribution in [-0.4, -0.2) is 23.2 Å². The van der Waals surface area contributed by atoms with Crippen LogP contribution < -0.4 is 0 Å². The molecule has 1 unspecified atom stereocenters. The van der Waals surface area contributed by atoms with Gasteiger partial charge in [0, 0.05) is 5.92 Å². The average Bonchev–Trinajstić information content (AvgIpc) is 2.49. The first-order valence-corrected chi connectivity index (χ1v) is 6.76. The van der Waals surface area contributed by atoms with Crippen LogP contribution in [0.3, 0.4) is 0 Å². The van der Waals surface area contributed by atoms with Crippen molar-refractivity contribution >= 4 is 23.4 Å². The number of esters is 1. The summed E-state index contributed by atoms with van der Waals surface area (Å²) in [5.74, 6) is 0.333. The number of fused-ring (bicyclic) bond motifs is 1. The lowest BCUT2D eigenvalue weighted by Gasteiger charge is -2.46. The van der Waals surface area contributed by atoms with E-state index in [1.807, 2.05) is 13.8 Å². The maximum atomic E-state index is 11.8. The summed E-state index contributed by atoms with van der Waals surface area (Å²) in [6.07, 6.45) is 3.21. The van der Waals surface area contributed by atoms with Crippen LogP contribution in [0.2, 0.25) is 0 Å². The third-order valence-corrected chi connectivity index (χ3v) is 4.74. The van der Waals surface area contributed by atoms with Crippen LogP contribution in [0.25, 0.3) is 0 Å². The van der Waals surface area contributed by atoms with Crippen LogP contribution in [0, 0.1) is 17.8 Å². The molecular formula is C13H19ClO3. The Morgan fingerprint density at radius 3 is 2.71 bits per heavy atom. The minimum absolute atomic E-state index is 0.0409. The van der Waals surface area contributed by atoms with Crippen molar-refractivity contribution in [2.75, 3.05) is 6.61 Å². The molecule has 4 atom stereocenters. The topological polar surface area (TPSA) is 43.4 Å². The van der Waals surface area contributed by atoms with E-state index in [2.05, 4.69) is 0 Å². The van der Waals surface area contributed by atoms with Crippen molar-refractivity contribution in [3.05, 3.63) is 0 Å². The van der Waals surface area contributed by atoms with E-state index in [1.165, 1.54) is 0 Å². The summed E-state index contributed by atoms with van der Waals surface area (Å²) in [7, 11) is 0. The van der Waals surface area contributed by atoms with E-state index in [1.54, 1.807) is 0 Å². The molecule has 0 aliphatic heterocycles. The van der Waals surface area contributed by atoms with E-state index in [9.17, 15) is 9.59 Å². The van der Waals surface area contributed by atoms with Crippen molar-refractivity contribution in [3.8, 4) is 0 Å². The highest BCUT2D eigenvalue weighted by molar-refractivity contribution is 6.38. The minimum atomic E-state index is -0.686. The molecule has 0 spiro atoms. The van der Waals surface area contributed by atoms with Crippen molar-refractivity contribution < 1.29 is 14.3 Å². The predicted molar refractivity (Wildman–Crippen MR) is 64.8 cm³/mol. The van der Waals surface area contributed by atoms with Gasteiger partial charge in [-0.1, -0.05) is 0 Å². The smallest absolute Gasteiger partial charge is 0.308 e. The fraction of sp³-hybridized carbons (Fsp3) is 0.846. The monoisotopic (exact) mass is 258 g/mol. The van der Waals surface area contributed by atoms with Gasteiger partial charge in [0.2, 0.25) is 0 Å². The average molecular weight is 259 g/mol. The van der Waals surface area contributed by atoms with Gasteiger partial charge in [0.1, 0.15) is 4.87 Å². The van der Waals surface area contributed by atoms with E-state index in [0.717, 1.165) is 25.7 Å². The molecule has 2 aliphatic carbocycles. The highest BCUT2D eigenvalue weighted by Crippen LogP contribution is 2.52. The molecule has 2 fully saturated rings. The van der Waals surface area contributed by atoms with E-state index < -0.39 is 4.87 Å². The second-order valence-corrected chi connectivity index (χ2v) is 6.04. The summed E-state index contributed by atoms with van der Waals surface area (Å²) in [6, 6.07) is 0. The number of rotatable bonds is 2. The van der Waals surface area contributed by atoms with E-state index >= 15 is 0 Å². The molecule has 0 saturated heterocycles. The fourth-order valence-electron chi connectivity index (χ4n) is 3.22. The van der Waals surface area contributed by atoms with Gasteiger partial charge >= 0.3 is 5.97 Å². The number of ether oxygens (including phenoxy) is 1. The predicted octanol–water partition coefficient (Wildman–Crippen LogP) is 2.55. The van der Waals surface area contributed by atoms with Crippen molar-refractivity contribution in [2.45, 2.75) is 44.4 Å². The number of Topliss-reactive ketones (excluding diaryl/α,β-unsaturated/α-hetero) is 1. The SMILES string of the molecule is CCOC(=O)C1CC[C@@H]2C(=O)[C@@](C)(Cl)[C@@H]2CC1. The first-order valence-electron chi connectivity index (χ1n) is 6.38. The summed E-state index contributed by atoms with van der Waals surface area (Å²) >= 11 is 6.22. The van der Waals surface area contributed by atoms with Gasteiger partial charge in [0.05, 0.1) is 12.5 Å². The van der Waals surface area contributed by atoms with Crippen LogP contribution >= 0.6 is 11.6 Å². The number of alkyl halides is 1. The second-order valence-electron chi connectivity index (χ2n) is 5.26. The van der Waals surface area contributed by atoms with Crippen LogP contribution in [0.1, 0.15) is 39.5 Å². The lowest BCUT2D eigenvalue weighted by Crippen LogP contribution is -2.57. The molecule has 2 rings (SSSR count). The number of carbonyl (C=O) groups excluding carboxylic acids is 2. The third kappa shape index (κ3) is 2.10. The zero-order chi connectivity index (χ0) is 12.6. The molecule has 2 saturated carbocycles. The van der Waals surface area contributed by atoms with Crippen LogP contribution in [-0.2, 0) is 14.3 Å². The molecule has 0 aromatic heterocycles. The van der Waals surface area contributed by atoms with Gasteiger partial charge in [-0.2, -0.15) is 0 Å². The molecule has 0 aromatic rings. The molecular weight excluding hydrogens is 240 g/mol. The largest absolute Gasteiger partial charge is 0.466 e. The van der Waals surface area contributed by atoms with Gasteiger partial charge in [-0.25, -0.2) is 0 Å². The van der Waals surface area contributed by atoms with E-state index in [4.69, 9.17) is 16.3 Å². The maximum absolute atomic E-state index is 11.8. The quantitative estimate of drug-likeness (QED) is 0.565. The standard InChI is InChI=1S/C13H19ClO3/c1-3-17-12(16)8-4-6-9-10(7-5-8)13(2,14)11(9)15/h8-10H,3-7H2,1-2H3/t8?,9-,10+,13-/m0/s1. The summed E-state index contributed by atoms with van der Waals surface area (Å²) in [6.45, 7) is 4.05. The third-order valence-electron chi connectivity index (χ3n) is 4.27. The van der Waals surface area contributed by atoms with Crippen LogP contribution in [0.4, 0.5) is 0 Å². The van der Waals surface area contributed by atoms with Gasteiger partial charge in [-0.05, 0) is 45.4 Å². The van der Waals surface area contributed by atoms with Crippen molar-refractivity contribution in [1.29, 1.82) is 0 Å². The van der Waals surface area contributed by atoms with Gasteiger partial charge in [0.15, 0.2) is 5.78 Å². The van der Waals surface area contributed by atoms with Crippen molar-refractivity contribution in [2.24, 2.45) is 17.8 Å². The molecule has 96 valence electrons. The van der Waals surface area contributed by atoms with Gasteiger partial charge in [0.25, 0.3) is 0 Å². The van der Waals surface area contributed by atoms with Gasteiger partial charge < -0.3 is 4.74 Å². The first-order chi connectivity index (χ1) is 7.98.